The minimum Gasteiger partial charge on any atom is -0.480 e. The van der Waals surface area contributed by atoms with Crippen LogP contribution in [0.15, 0.2) is 24.3 Å². The minimum atomic E-state index is -0.745. The van der Waals surface area contributed by atoms with Crippen LogP contribution in [0.4, 0.5) is 0 Å². The van der Waals surface area contributed by atoms with Crippen LogP contribution in [0.5, 0.6) is 0 Å². The summed E-state index contributed by atoms with van der Waals surface area (Å²) in [5.74, 6) is -0.435. The zero-order chi connectivity index (χ0) is 13.0. The van der Waals surface area contributed by atoms with Crippen molar-refractivity contribution in [2.45, 2.75) is 32.0 Å². The lowest BCUT2D eigenvalue weighted by atomic mass is 10.1. The van der Waals surface area contributed by atoms with E-state index in [1.54, 1.807) is 7.11 Å². The van der Waals surface area contributed by atoms with Crippen LogP contribution in [0.3, 0.4) is 0 Å². The molecule has 4 heteroatoms. The van der Waals surface area contributed by atoms with E-state index in [4.69, 9.17) is 9.84 Å². The van der Waals surface area contributed by atoms with E-state index in [-0.39, 0.29) is 0 Å². The molecule has 1 aromatic rings. The van der Waals surface area contributed by atoms with Crippen LogP contribution in [0.1, 0.15) is 24.0 Å². The Bertz CT molecular complexity index is 415. The van der Waals surface area contributed by atoms with Gasteiger partial charge in [0, 0.05) is 13.7 Å². The summed E-state index contributed by atoms with van der Waals surface area (Å²) in [7, 11) is 1.67. The number of carbonyl (C=O) groups is 1. The normalized spacial score (nSPS) is 16.5. The van der Waals surface area contributed by atoms with Gasteiger partial charge < -0.3 is 15.2 Å². The van der Waals surface area contributed by atoms with Crippen molar-refractivity contribution in [3.05, 3.63) is 35.4 Å². The second-order valence-corrected chi connectivity index (χ2v) is 4.79. The molecule has 98 valence electrons. The van der Waals surface area contributed by atoms with Gasteiger partial charge >= 0.3 is 5.97 Å². The standard InChI is InChI=1S/C14H19NO3/c1-18-9-11-4-2-3-10(7-11)8-15-13(14(16)17)12-5-6-12/h2-4,7,12-13,15H,5-6,8-9H2,1H3,(H,16,17). The number of benzene rings is 1. The summed E-state index contributed by atoms with van der Waals surface area (Å²) < 4.78 is 5.08. The topological polar surface area (TPSA) is 58.6 Å². The molecule has 18 heavy (non-hydrogen) atoms. The third-order valence-electron chi connectivity index (χ3n) is 3.19. The molecule has 0 amide bonds. The molecular formula is C14H19NO3. The van der Waals surface area contributed by atoms with Crippen LogP contribution in [0.2, 0.25) is 0 Å². The number of hydrogen-bond donors (Lipinski definition) is 2. The third kappa shape index (κ3) is 3.55. The average Bonchev–Trinajstić information content (AvgIpc) is 3.14. The lowest BCUT2D eigenvalue weighted by molar-refractivity contribution is -0.140. The van der Waals surface area contributed by atoms with Crippen LogP contribution in [0.25, 0.3) is 0 Å². The molecule has 1 aromatic carbocycles. The molecule has 1 unspecified atom stereocenters. The van der Waals surface area contributed by atoms with Gasteiger partial charge in [0.2, 0.25) is 0 Å². The van der Waals surface area contributed by atoms with Crippen molar-refractivity contribution in [2.75, 3.05) is 7.11 Å². The Morgan fingerprint density at radius 3 is 2.83 bits per heavy atom. The number of hydrogen-bond acceptors (Lipinski definition) is 3. The van der Waals surface area contributed by atoms with Gasteiger partial charge in [0.25, 0.3) is 0 Å². The molecule has 2 N–H and O–H groups in total. The monoisotopic (exact) mass is 249 g/mol. The molecule has 0 saturated heterocycles. The Morgan fingerprint density at radius 2 is 2.22 bits per heavy atom. The van der Waals surface area contributed by atoms with E-state index < -0.39 is 12.0 Å². The quantitative estimate of drug-likeness (QED) is 0.773. The van der Waals surface area contributed by atoms with Gasteiger partial charge in [-0.3, -0.25) is 4.79 Å². The zero-order valence-electron chi connectivity index (χ0n) is 10.6. The van der Waals surface area contributed by atoms with Crippen molar-refractivity contribution in [3.8, 4) is 0 Å². The van der Waals surface area contributed by atoms with Gasteiger partial charge in [-0.1, -0.05) is 24.3 Å². The van der Waals surface area contributed by atoms with Crippen molar-refractivity contribution in [1.82, 2.24) is 5.32 Å². The van der Waals surface area contributed by atoms with Crippen molar-refractivity contribution < 1.29 is 14.6 Å². The molecule has 2 rings (SSSR count). The third-order valence-corrected chi connectivity index (χ3v) is 3.19. The van der Waals surface area contributed by atoms with Crippen LogP contribution >= 0.6 is 0 Å². The number of carboxylic acids is 1. The van der Waals surface area contributed by atoms with E-state index in [1.165, 1.54) is 0 Å². The van der Waals surface area contributed by atoms with Gasteiger partial charge in [-0.15, -0.1) is 0 Å². The van der Waals surface area contributed by atoms with Gasteiger partial charge in [-0.25, -0.2) is 0 Å². The molecule has 4 nitrogen and oxygen atoms in total. The van der Waals surface area contributed by atoms with Gasteiger partial charge in [0.05, 0.1) is 6.61 Å². The van der Waals surface area contributed by atoms with Crippen molar-refractivity contribution in [1.29, 1.82) is 0 Å². The molecule has 0 spiro atoms. The van der Waals surface area contributed by atoms with Crippen molar-refractivity contribution in [2.24, 2.45) is 5.92 Å². The molecule has 1 saturated carbocycles. The maximum absolute atomic E-state index is 11.1. The first-order valence-corrected chi connectivity index (χ1v) is 6.23. The molecule has 1 fully saturated rings. The van der Waals surface area contributed by atoms with Gasteiger partial charge in [-0.2, -0.15) is 0 Å². The van der Waals surface area contributed by atoms with E-state index in [0.29, 0.717) is 19.1 Å². The molecule has 1 atom stereocenters. The Balaban J connectivity index is 1.92. The smallest absolute Gasteiger partial charge is 0.320 e. The highest BCUT2D eigenvalue weighted by Gasteiger charge is 2.35. The first-order chi connectivity index (χ1) is 8.70. The maximum Gasteiger partial charge on any atom is 0.320 e. The fraction of sp³-hybridized carbons (Fsp3) is 0.500. The Kier molecular flexibility index (Phi) is 4.33. The summed E-state index contributed by atoms with van der Waals surface area (Å²) in [5.41, 5.74) is 2.20. The second kappa shape index (κ2) is 5.98. The number of nitrogens with one attached hydrogen (secondary N) is 1. The van der Waals surface area contributed by atoms with E-state index in [2.05, 4.69) is 5.32 Å². The molecule has 1 aliphatic carbocycles. The van der Waals surface area contributed by atoms with E-state index in [9.17, 15) is 4.79 Å². The number of rotatable bonds is 7. The highest BCUT2D eigenvalue weighted by Crippen LogP contribution is 2.32. The summed E-state index contributed by atoms with van der Waals surface area (Å²) in [5, 5.41) is 12.2. The Morgan fingerprint density at radius 1 is 1.50 bits per heavy atom. The number of aliphatic carboxylic acids is 1. The van der Waals surface area contributed by atoms with Gasteiger partial charge in [0.1, 0.15) is 6.04 Å². The number of ether oxygens (including phenoxy) is 1. The fourth-order valence-electron chi connectivity index (χ4n) is 2.11. The molecule has 0 aromatic heterocycles. The maximum atomic E-state index is 11.1. The summed E-state index contributed by atoms with van der Waals surface area (Å²) >= 11 is 0. The van der Waals surface area contributed by atoms with Crippen molar-refractivity contribution >= 4 is 5.97 Å². The Labute approximate surface area is 107 Å². The predicted molar refractivity (Wildman–Crippen MR) is 68.1 cm³/mol. The number of methoxy groups -OCH3 is 1. The Hall–Kier alpha value is -1.39. The van der Waals surface area contributed by atoms with E-state index >= 15 is 0 Å². The summed E-state index contributed by atoms with van der Waals surface area (Å²) in [4.78, 5) is 11.1. The molecule has 0 heterocycles. The van der Waals surface area contributed by atoms with E-state index in [0.717, 1.165) is 24.0 Å². The lowest BCUT2D eigenvalue weighted by Gasteiger charge is -2.13. The van der Waals surface area contributed by atoms with Crippen LogP contribution in [0, 0.1) is 5.92 Å². The van der Waals surface area contributed by atoms with Crippen molar-refractivity contribution in [3.63, 3.8) is 0 Å². The molecular weight excluding hydrogens is 230 g/mol. The fourth-order valence-corrected chi connectivity index (χ4v) is 2.11. The molecule has 1 aliphatic rings. The average molecular weight is 249 g/mol. The summed E-state index contributed by atoms with van der Waals surface area (Å²) in [6.07, 6.45) is 2.04. The van der Waals surface area contributed by atoms with Gasteiger partial charge in [0.15, 0.2) is 0 Å². The molecule has 0 bridgehead atoms. The predicted octanol–water partition coefficient (Wildman–Crippen LogP) is 1.79. The molecule has 0 aliphatic heterocycles. The highest BCUT2D eigenvalue weighted by molar-refractivity contribution is 5.74. The van der Waals surface area contributed by atoms with Gasteiger partial charge in [-0.05, 0) is 29.9 Å². The van der Waals surface area contributed by atoms with Crippen LogP contribution < -0.4 is 5.32 Å². The lowest BCUT2D eigenvalue weighted by Crippen LogP contribution is -2.38. The van der Waals surface area contributed by atoms with E-state index in [1.807, 2.05) is 24.3 Å². The zero-order valence-corrected chi connectivity index (χ0v) is 10.6. The van der Waals surface area contributed by atoms with Crippen LogP contribution in [-0.2, 0) is 22.7 Å². The summed E-state index contributed by atoms with van der Waals surface area (Å²) in [6.45, 7) is 1.17. The minimum absolute atomic E-state index is 0.310. The SMILES string of the molecule is COCc1cccc(CNC(C(=O)O)C2CC2)c1. The first-order valence-electron chi connectivity index (χ1n) is 6.23. The second-order valence-electron chi connectivity index (χ2n) is 4.79. The largest absolute Gasteiger partial charge is 0.480 e. The molecule has 0 radical (unpaired) electrons. The number of carboxylic acid groups (broad SMARTS) is 1. The highest BCUT2D eigenvalue weighted by atomic mass is 16.5. The summed E-state index contributed by atoms with van der Waals surface area (Å²) in [6, 6.07) is 7.61. The first kappa shape index (κ1) is 13.1. The van der Waals surface area contributed by atoms with Crippen LogP contribution in [-0.4, -0.2) is 24.2 Å².